The predicted molar refractivity (Wildman–Crippen MR) is 70.2 cm³/mol. The minimum atomic E-state index is -0.304. The Bertz CT molecular complexity index is 656. The molecule has 100 valence electrons. The first-order valence-electron chi connectivity index (χ1n) is 5.84. The minimum absolute atomic E-state index is 0.174. The second kappa shape index (κ2) is 5.38. The third-order valence-electron chi connectivity index (χ3n) is 2.77. The predicted octanol–water partition coefficient (Wildman–Crippen LogP) is 0.207. The van der Waals surface area contributed by atoms with Crippen LogP contribution in [0.25, 0.3) is 0 Å². The molecule has 2 aromatic rings. The Hall–Kier alpha value is -2.57. The second-order valence-electron chi connectivity index (χ2n) is 4.04. The van der Waals surface area contributed by atoms with Crippen molar-refractivity contribution >= 4 is 5.84 Å². The molecule has 0 aliphatic rings. The smallest absolute Gasteiger partial charge is 0.261 e. The van der Waals surface area contributed by atoms with Crippen LogP contribution in [0.15, 0.2) is 40.7 Å². The summed E-state index contributed by atoms with van der Waals surface area (Å²) in [6, 6.07) is 3.20. The lowest BCUT2D eigenvalue weighted by atomic mass is 10.2. The maximum atomic E-state index is 12.1. The van der Waals surface area contributed by atoms with E-state index in [1.165, 1.54) is 10.6 Å². The summed E-state index contributed by atoms with van der Waals surface area (Å²) in [6.07, 6.45) is 5.24. The van der Waals surface area contributed by atoms with E-state index in [1.807, 2.05) is 13.1 Å². The Morgan fingerprint density at radius 3 is 3.00 bits per heavy atom. The van der Waals surface area contributed by atoms with Crippen molar-refractivity contribution < 1.29 is 5.21 Å². The zero-order valence-electron chi connectivity index (χ0n) is 10.5. The van der Waals surface area contributed by atoms with E-state index in [-0.39, 0.29) is 17.0 Å². The van der Waals surface area contributed by atoms with Gasteiger partial charge in [0.2, 0.25) is 0 Å². The molecule has 0 radical (unpaired) electrons. The van der Waals surface area contributed by atoms with Crippen molar-refractivity contribution in [1.29, 1.82) is 0 Å². The summed E-state index contributed by atoms with van der Waals surface area (Å²) in [6.45, 7) is 3.16. The van der Waals surface area contributed by atoms with E-state index in [1.54, 1.807) is 23.1 Å². The highest BCUT2D eigenvalue weighted by Crippen LogP contribution is 2.01. The number of amidine groups is 1. The van der Waals surface area contributed by atoms with E-state index < -0.39 is 0 Å². The van der Waals surface area contributed by atoms with Crippen LogP contribution < -0.4 is 11.3 Å². The van der Waals surface area contributed by atoms with E-state index in [2.05, 4.69) is 10.3 Å². The number of oxime groups is 1. The maximum absolute atomic E-state index is 12.1. The van der Waals surface area contributed by atoms with Gasteiger partial charge in [0.25, 0.3) is 5.56 Å². The Balaban J connectivity index is 2.33. The van der Waals surface area contributed by atoms with Crippen molar-refractivity contribution in [2.24, 2.45) is 10.9 Å². The lowest BCUT2D eigenvalue weighted by molar-refractivity contribution is 0.318. The standard InChI is InChI=1S/C12H15N5O2/c1-2-17-8-9(6-14-17)7-16-5-3-4-10(12(16)18)11(13)15-19/h3-6,8,19H,2,7H2,1H3,(H2,13,15). The van der Waals surface area contributed by atoms with Gasteiger partial charge in [0, 0.05) is 24.5 Å². The van der Waals surface area contributed by atoms with Crippen LogP contribution in [-0.2, 0) is 13.1 Å². The topological polar surface area (TPSA) is 98.4 Å². The van der Waals surface area contributed by atoms with Crippen LogP contribution in [-0.4, -0.2) is 25.4 Å². The summed E-state index contributed by atoms with van der Waals surface area (Å²) < 4.78 is 3.28. The molecule has 3 N–H and O–H groups in total. The van der Waals surface area contributed by atoms with Crippen LogP contribution in [0.1, 0.15) is 18.1 Å². The number of nitrogens with zero attached hydrogens (tertiary/aromatic N) is 4. The Kier molecular flexibility index (Phi) is 3.65. The fourth-order valence-electron chi connectivity index (χ4n) is 1.77. The zero-order chi connectivity index (χ0) is 13.8. The number of hydrogen-bond donors (Lipinski definition) is 2. The lowest BCUT2D eigenvalue weighted by Crippen LogP contribution is -2.29. The van der Waals surface area contributed by atoms with Gasteiger partial charge in [0.05, 0.1) is 18.3 Å². The highest BCUT2D eigenvalue weighted by atomic mass is 16.4. The molecule has 0 saturated carbocycles. The van der Waals surface area contributed by atoms with Gasteiger partial charge in [0.1, 0.15) is 0 Å². The van der Waals surface area contributed by atoms with Crippen molar-refractivity contribution in [2.75, 3.05) is 0 Å². The number of aromatic nitrogens is 3. The molecule has 0 fully saturated rings. The molecule has 0 aromatic carbocycles. The summed E-state index contributed by atoms with van der Waals surface area (Å²) in [7, 11) is 0. The Morgan fingerprint density at radius 2 is 2.37 bits per heavy atom. The van der Waals surface area contributed by atoms with E-state index in [0.29, 0.717) is 6.54 Å². The first-order chi connectivity index (χ1) is 9.15. The molecule has 7 heteroatoms. The molecule has 2 heterocycles. The normalized spacial score (nSPS) is 11.7. The SMILES string of the molecule is CCn1cc(Cn2cccc(/C(N)=N/O)c2=O)cn1. The van der Waals surface area contributed by atoms with Gasteiger partial charge in [-0.2, -0.15) is 5.10 Å². The Morgan fingerprint density at radius 1 is 1.58 bits per heavy atom. The first kappa shape index (κ1) is 12.9. The highest BCUT2D eigenvalue weighted by Gasteiger charge is 2.08. The molecule has 0 saturated heterocycles. The van der Waals surface area contributed by atoms with Crippen molar-refractivity contribution in [3.8, 4) is 0 Å². The van der Waals surface area contributed by atoms with Crippen LogP contribution in [0.5, 0.6) is 0 Å². The van der Waals surface area contributed by atoms with Crippen LogP contribution in [0.4, 0.5) is 0 Å². The molecule has 0 atom stereocenters. The molecule has 0 unspecified atom stereocenters. The van der Waals surface area contributed by atoms with Crippen LogP contribution in [0.2, 0.25) is 0 Å². The summed E-state index contributed by atoms with van der Waals surface area (Å²) in [5, 5.41) is 15.6. The number of pyridine rings is 1. The van der Waals surface area contributed by atoms with Crippen molar-refractivity contribution in [3.05, 3.63) is 52.2 Å². The molecule has 0 bridgehead atoms. The molecule has 2 aromatic heterocycles. The van der Waals surface area contributed by atoms with E-state index >= 15 is 0 Å². The summed E-state index contributed by atoms with van der Waals surface area (Å²) >= 11 is 0. The largest absolute Gasteiger partial charge is 0.409 e. The fraction of sp³-hybridized carbons (Fsp3) is 0.250. The quantitative estimate of drug-likeness (QED) is 0.355. The molecule has 19 heavy (non-hydrogen) atoms. The average molecular weight is 261 g/mol. The van der Waals surface area contributed by atoms with E-state index in [9.17, 15) is 4.79 Å². The second-order valence-corrected chi connectivity index (χ2v) is 4.04. The van der Waals surface area contributed by atoms with Gasteiger partial charge in [-0.1, -0.05) is 5.16 Å². The molecular formula is C12H15N5O2. The summed E-state index contributed by atoms with van der Waals surface area (Å²) in [4.78, 5) is 12.1. The lowest BCUT2D eigenvalue weighted by Gasteiger charge is -2.05. The van der Waals surface area contributed by atoms with Crippen molar-refractivity contribution in [1.82, 2.24) is 14.3 Å². The van der Waals surface area contributed by atoms with Crippen molar-refractivity contribution in [2.45, 2.75) is 20.0 Å². The molecule has 7 nitrogen and oxygen atoms in total. The Labute approximate surface area is 109 Å². The third-order valence-corrected chi connectivity index (χ3v) is 2.77. The van der Waals surface area contributed by atoms with Gasteiger partial charge < -0.3 is 15.5 Å². The van der Waals surface area contributed by atoms with Gasteiger partial charge in [-0.3, -0.25) is 9.48 Å². The zero-order valence-corrected chi connectivity index (χ0v) is 10.5. The molecule has 2 rings (SSSR count). The summed E-state index contributed by atoms with van der Waals surface area (Å²) in [5.74, 6) is -0.191. The number of rotatable bonds is 4. The number of nitrogens with two attached hydrogens (primary N) is 1. The van der Waals surface area contributed by atoms with Crippen molar-refractivity contribution in [3.63, 3.8) is 0 Å². The monoisotopic (exact) mass is 261 g/mol. The third kappa shape index (κ3) is 2.65. The fourth-order valence-corrected chi connectivity index (χ4v) is 1.77. The van der Waals surface area contributed by atoms with E-state index in [4.69, 9.17) is 10.9 Å². The molecule has 0 aliphatic carbocycles. The molecule has 0 spiro atoms. The van der Waals surface area contributed by atoms with Crippen LogP contribution in [0.3, 0.4) is 0 Å². The van der Waals surface area contributed by atoms with E-state index in [0.717, 1.165) is 12.1 Å². The first-order valence-corrected chi connectivity index (χ1v) is 5.84. The number of hydrogen-bond acceptors (Lipinski definition) is 4. The number of aryl methyl sites for hydroxylation is 1. The van der Waals surface area contributed by atoms with Crippen LogP contribution in [0, 0.1) is 0 Å². The van der Waals surface area contributed by atoms with Gasteiger partial charge in [0.15, 0.2) is 5.84 Å². The summed E-state index contributed by atoms with van der Waals surface area (Å²) in [5.41, 5.74) is 6.24. The van der Waals surface area contributed by atoms with Gasteiger partial charge in [-0.15, -0.1) is 0 Å². The van der Waals surface area contributed by atoms with Gasteiger partial charge in [-0.05, 0) is 19.1 Å². The molecule has 0 aliphatic heterocycles. The maximum Gasteiger partial charge on any atom is 0.261 e. The molecular weight excluding hydrogens is 246 g/mol. The molecule has 0 amide bonds. The highest BCUT2D eigenvalue weighted by molar-refractivity contribution is 5.96. The minimum Gasteiger partial charge on any atom is -0.409 e. The average Bonchev–Trinajstić information content (AvgIpc) is 2.88. The van der Waals surface area contributed by atoms with Crippen LogP contribution >= 0.6 is 0 Å². The van der Waals surface area contributed by atoms with Gasteiger partial charge in [-0.25, -0.2) is 0 Å². The van der Waals surface area contributed by atoms with Gasteiger partial charge >= 0.3 is 0 Å².